The van der Waals surface area contributed by atoms with Crippen LogP contribution in [-0.4, -0.2) is 31.4 Å². The molecule has 2 heterocycles. The number of hydrogen-bond donors (Lipinski definition) is 0. The Kier molecular flexibility index (Phi) is 4.72. The Bertz CT molecular complexity index is 656. The summed E-state index contributed by atoms with van der Waals surface area (Å²) in [6.07, 6.45) is 3.25. The molecule has 0 bridgehead atoms. The molecule has 0 aliphatic heterocycles. The number of pyridine rings is 1. The quantitative estimate of drug-likeness (QED) is 0.793. The molecule has 2 aromatic heterocycles. The molecular formula is C14H16BrFN4O. The lowest BCUT2D eigenvalue weighted by molar-refractivity contribution is 0.0682. The van der Waals surface area contributed by atoms with Gasteiger partial charge in [-0.1, -0.05) is 0 Å². The molecule has 0 saturated carbocycles. The molecule has 0 aliphatic carbocycles. The Balaban J connectivity index is 2.23. The van der Waals surface area contributed by atoms with Gasteiger partial charge >= 0.3 is 0 Å². The summed E-state index contributed by atoms with van der Waals surface area (Å²) in [7, 11) is 1.81. The van der Waals surface area contributed by atoms with Crippen LogP contribution in [0.1, 0.15) is 30.0 Å². The number of aromatic nitrogens is 3. The number of carbonyl (C=O) groups excluding carboxylic acids is 1. The first kappa shape index (κ1) is 15.6. The maximum absolute atomic E-state index is 13.2. The third kappa shape index (κ3) is 3.66. The second-order valence-electron chi connectivity index (χ2n) is 5.03. The Morgan fingerprint density at radius 1 is 1.48 bits per heavy atom. The summed E-state index contributed by atoms with van der Waals surface area (Å²) < 4.78 is 15.1. The van der Waals surface area contributed by atoms with E-state index in [1.165, 1.54) is 6.07 Å². The summed E-state index contributed by atoms with van der Waals surface area (Å²) in [6.45, 7) is 4.13. The highest BCUT2D eigenvalue weighted by Gasteiger charge is 2.21. The third-order valence-corrected chi connectivity index (χ3v) is 3.56. The van der Waals surface area contributed by atoms with Crippen LogP contribution in [0.4, 0.5) is 4.39 Å². The van der Waals surface area contributed by atoms with Crippen molar-refractivity contribution >= 4 is 21.8 Å². The Hall–Kier alpha value is -1.76. The molecule has 21 heavy (non-hydrogen) atoms. The largest absolute Gasteiger partial charge is 0.340 e. The fourth-order valence-corrected chi connectivity index (χ4v) is 2.24. The van der Waals surface area contributed by atoms with Crippen molar-refractivity contribution in [2.45, 2.75) is 26.4 Å². The van der Waals surface area contributed by atoms with Crippen molar-refractivity contribution < 1.29 is 9.18 Å². The predicted molar refractivity (Wildman–Crippen MR) is 80.1 cm³/mol. The van der Waals surface area contributed by atoms with Crippen molar-refractivity contribution in [2.24, 2.45) is 7.05 Å². The summed E-state index contributed by atoms with van der Waals surface area (Å²) in [5.41, 5.74) is 0.994. The van der Waals surface area contributed by atoms with E-state index in [9.17, 15) is 9.18 Å². The van der Waals surface area contributed by atoms with Gasteiger partial charge in [0.1, 0.15) is 10.3 Å². The Morgan fingerprint density at radius 2 is 2.19 bits per heavy atom. The first-order valence-electron chi connectivity index (χ1n) is 6.48. The SMILES string of the molecule is CC(C)N(Cc1ccc(F)c(Br)n1)C(=O)c1cn(C)cn1. The number of amides is 1. The van der Waals surface area contributed by atoms with E-state index >= 15 is 0 Å². The van der Waals surface area contributed by atoms with Crippen molar-refractivity contribution in [2.75, 3.05) is 0 Å². The van der Waals surface area contributed by atoms with E-state index < -0.39 is 5.82 Å². The topological polar surface area (TPSA) is 51.0 Å². The molecule has 0 spiro atoms. The lowest BCUT2D eigenvalue weighted by atomic mass is 10.2. The molecule has 1 amide bonds. The molecule has 5 nitrogen and oxygen atoms in total. The zero-order valence-electron chi connectivity index (χ0n) is 12.0. The molecule has 0 saturated heterocycles. The van der Waals surface area contributed by atoms with Gasteiger partial charge in [0.05, 0.1) is 18.6 Å². The van der Waals surface area contributed by atoms with Crippen LogP contribution in [0.15, 0.2) is 29.3 Å². The molecule has 7 heteroatoms. The molecular weight excluding hydrogens is 339 g/mol. The molecule has 2 aromatic rings. The maximum Gasteiger partial charge on any atom is 0.274 e. The lowest BCUT2D eigenvalue weighted by Gasteiger charge is -2.25. The fraction of sp³-hybridized carbons (Fsp3) is 0.357. The highest BCUT2D eigenvalue weighted by molar-refractivity contribution is 9.10. The zero-order chi connectivity index (χ0) is 15.6. The van der Waals surface area contributed by atoms with Crippen LogP contribution >= 0.6 is 15.9 Å². The number of hydrogen-bond acceptors (Lipinski definition) is 3. The van der Waals surface area contributed by atoms with Crippen molar-refractivity contribution in [1.82, 2.24) is 19.4 Å². The van der Waals surface area contributed by atoms with E-state index in [0.29, 0.717) is 17.9 Å². The van der Waals surface area contributed by atoms with E-state index in [4.69, 9.17) is 0 Å². The highest BCUT2D eigenvalue weighted by Crippen LogP contribution is 2.16. The van der Waals surface area contributed by atoms with Gasteiger partial charge < -0.3 is 9.47 Å². The van der Waals surface area contributed by atoms with Gasteiger partial charge in [-0.3, -0.25) is 4.79 Å². The normalized spacial score (nSPS) is 11.0. The monoisotopic (exact) mass is 354 g/mol. The van der Waals surface area contributed by atoms with Gasteiger partial charge in [0.15, 0.2) is 5.82 Å². The van der Waals surface area contributed by atoms with Gasteiger partial charge in [-0.05, 0) is 41.9 Å². The summed E-state index contributed by atoms with van der Waals surface area (Å²) in [5.74, 6) is -0.598. The van der Waals surface area contributed by atoms with E-state index in [-0.39, 0.29) is 16.6 Å². The number of carbonyl (C=O) groups is 1. The van der Waals surface area contributed by atoms with Crippen LogP contribution < -0.4 is 0 Å². The van der Waals surface area contributed by atoms with Crippen LogP contribution in [0, 0.1) is 5.82 Å². The van der Waals surface area contributed by atoms with Gasteiger partial charge in [0, 0.05) is 19.3 Å². The summed E-state index contributed by atoms with van der Waals surface area (Å²) in [4.78, 5) is 22.3. The number of imidazole rings is 1. The maximum atomic E-state index is 13.2. The van der Waals surface area contributed by atoms with Gasteiger partial charge in [0.2, 0.25) is 0 Å². The van der Waals surface area contributed by atoms with Gasteiger partial charge in [0.25, 0.3) is 5.91 Å². The van der Waals surface area contributed by atoms with Crippen molar-refractivity contribution in [3.63, 3.8) is 0 Å². The minimum absolute atomic E-state index is 0.0230. The number of nitrogens with zero attached hydrogens (tertiary/aromatic N) is 4. The van der Waals surface area contributed by atoms with E-state index in [1.54, 1.807) is 28.1 Å². The molecule has 0 atom stereocenters. The van der Waals surface area contributed by atoms with Gasteiger partial charge in [-0.2, -0.15) is 0 Å². The van der Waals surface area contributed by atoms with Gasteiger partial charge in [-0.25, -0.2) is 14.4 Å². The molecule has 0 N–H and O–H groups in total. The smallest absolute Gasteiger partial charge is 0.274 e. The lowest BCUT2D eigenvalue weighted by Crippen LogP contribution is -2.36. The van der Waals surface area contributed by atoms with Gasteiger partial charge in [-0.15, -0.1) is 0 Å². The zero-order valence-corrected chi connectivity index (χ0v) is 13.6. The minimum atomic E-state index is -0.425. The predicted octanol–water partition coefficient (Wildman–Crippen LogP) is 2.77. The van der Waals surface area contributed by atoms with E-state index in [1.807, 2.05) is 20.9 Å². The molecule has 0 unspecified atom stereocenters. The van der Waals surface area contributed by atoms with E-state index in [0.717, 1.165) is 0 Å². The minimum Gasteiger partial charge on any atom is -0.340 e. The summed E-state index contributed by atoms with van der Waals surface area (Å²) in [6, 6.07) is 2.88. The summed E-state index contributed by atoms with van der Waals surface area (Å²) >= 11 is 3.05. The number of aryl methyl sites for hydroxylation is 1. The Labute approximate surface area is 130 Å². The number of rotatable bonds is 4. The summed E-state index contributed by atoms with van der Waals surface area (Å²) in [5, 5.41) is 0. The molecule has 0 radical (unpaired) electrons. The second kappa shape index (κ2) is 6.34. The average Bonchev–Trinajstić information content (AvgIpc) is 2.85. The van der Waals surface area contributed by atoms with Crippen LogP contribution in [0.25, 0.3) is 0 Å². The van der Waals surface area contributed by atoms with Crippen LogP contribution in [0.2, 0.25) is 0 Å². The van der Waals surface area contributed by atoms with Crippen LogP contribution in [-0.2, 0) is 13.6 Å². The van der Waals surface area contributed by atoms with Crippen LogP contribution in [0.5, 0.6) is 0 Å². The first-order chi connectivity index (χ1) is 9.88. The van der Waals surface area contributed by atoms with Crippen molar-refractivity contribution in [3.8, 4) is 0 Å². The molecule has 2 rings (SSSR count). The second-order valence-corrected chi connectivity index (χ2v) is 5.78. The third-order valence-electron chi connectivity index (χ3n) is 3.00. The molecule has 112 valence electrons. The standard InChI is InChI=1S/C14H16BrFN4O/c1-9(2)20(14(21)12-7-19(3)8-17-12)6-10-4-5-11(16)13(15)18-10/h4-5,7-9H,6H2,1-3H3. The van der Waals surface area contributed by atoms with Crippen molar-refractivity contribution in [3.05, 3.63) is 46.5 Å². The molecule has 0 fully saturated rings. The average molecular weight is 355 g/mol. The fourth-order valence-electron chi connectivity index (χ4n) is 1.88. The highest BCUT2D eigenvalue weighted by atomic mass is 79.9. The molecule has 0 aromatic carbocycles. The Morgan fingerprint density at radius 3 is 2.71 bits per heavy atom. The first-order valence-corrected chi connectivity index (χ1v) is 7.27. The van der Waals surface area contributed by atoms with Crippen molar-refractivity contribution in [1.29, 1.82) is 0 Å². The molecule has 0 aliphatic rings. The van der Waals surface area contributed by atoms with E-state index in [2.05, 4.69) is 25.9 Å². The number of halogens is 2. The van der Waals surface area contributed by atoms with Crippen LogP contribution in [0.3, 0.4) is 0 Å².